The molecule has 1 fully saturated rings. The van der Waals surface area contributed by atoms with Crippen molar-refractivity contribution in [1.29, 1.82) is 0 Å². The standard InChI is InChI=1S/C27H22ClNO7/c1-34-24-12-9-20(28)14-22(24)29-15-19(13-25(29)31)26(32)35-16-23(30)17-7-10-21(11-8-17)36-27(33)18-5-3-2-4-6-18/h2-12,14,19H,13,15-16H2,1H3. The highest BCUT2D eigenvalue weighted by atomic mass is 35.5. The summed E-state index contributed by atoms with van der Waals surface area (Å²) in [6.07, 6.45) is -0.0514. The molecule has 1 amide bonds. The quantitative estimate of drug-likeness (QED) is 0.254. The van der Waals surface area contributed by atoms with Crippen molar-refractivity contribution in [2.75, 3.05) is 25.2 Å². The summed E-state index contributed by atoms with van der Waals surface area (Å²) in [5.41, 5.74) is 1.16. The summed E-state index contributed by atoms with van der Waals surface area (Å²) in [4.78, 5) is 51.2. The molecule has 8 nitrogen and oxygen atoms in total. The van der Waals surface area contributed by atoms with Gasteiger partial charge in [0.15, 0.2) is 12.4 Å². The van der Waals surface area contributed by atoms with E-state index in [0.29, 0.717) is 22.0 Å². The smallest absolute Gasteiger partial charge is 0.343 e. The van der Waals surface area contributed by atoms with Gasteiger partial charge in [0, 0.05) is 23.6 Å². The molecule has 0 radical (unpaired) electrons. The van der Waals surface area contributed by atoms with Crippen LogP contribution < -0.4 is 14.4 Å². The Morgan fingerprint density at radius 2 is 1.69 bits per heavy atom. The maximum atomic E-state index is 12.6. The van der Waals surface area contributed by atoms with Crippen LogP contribution in [0.5, 0.6) is 11.5 Å². The molecule has 0 N–H and O–H groups in total. The summed E-state index contributed by atoms with van der Waals surface area (Å²) < 4.78 is 15.8. The second-order valence-electron chi connectivity index (χ2n) is 8.03. The van der Waals surface area contributed by atoms with E-state index in [1.807, 2.05) is 0 Å². The number of ether oxygens (including phenoxy) is 3. The van der Waals surface area contributed by atoms with Crippen molar-refractivity contribution in [1.82, 2.24) is 0 Å². The Balaban J connectivity index is 1.31. The molecule has 4 rings (SSSR count). The monoisotopic (exact) mass is 507 g/mol. The van der Waals surface area contributed by atoms with Crippen LogP contribution in [-0.4, -0.2) is 43.9 Å². The highest BCUT2D eigenvalue weighted by molar-refractivity contribution is 6.31. The number of esters is 2. The van der Waals surface area contributed by atoms with Gasteiger partial charge in [0.2, 0.25) is 5.91 Å². The maximum Gasteiger partial charge on any atom is 0.343 e. The third-order valence-corrected chi connectivity index (χ3v) is 5.87. The molecule has 0 spiro atoms. The molecule has 1 heterocycles. The molecule has 0 bridgehead atoms. The SMILES string of the molecule is COc1ccc(Cl)cc1N1CC(C(=O)OCC(=O)c2ccc(OC(=O)c3ccccc3)cc2)CC1=O. The summed E-state index contributed by atoms with van der Waals surface area (Å²) in [5, 5.41) is 0.427. The van der Waals surface area contributed by atoms with Crippen LogP contribution in [0.4, 0.5) is 5.69 Å². The highest BCUT2D eigenvalue weighted by Gasteiger charge is 2.37. The number of Topliss-reactive ketones (excluding diaryl/α,β-unsaturated/α-hetero) is 1. The number of hydrogen-bond acceptors (Lipinski definition) is 7. The van der Waals surface area contributed by atoms with E-state index in [1.54, 1.807) is 48.5 Å². The van der Waals surface area contributed by atoms with Crippen LogP contribution >= 0.6 is 11.6 Å². The number of benzene rings is 3. The summed E-state index contributed by atoms with van der Waals surface area (Å²) >= 11 is 6.06. The lowest BCUT2D eigenvalue weighted by molar-refractivity contribution is -0.147. The molecular weight excluding hydrogens is 486 g/mol. The molecule has 1 aliphatic heterocycles. The first kappa shape index (κ1) is 24.9. The molecule has 0 aromatic heterocycles. The maximum absolute atomic E-state index is 12.6. The molecule has 1 unspecified atom stereocenters. The minimum absolute atomic E-state index is 0.0514. The van der Waals surface area contributed by atoms with Gasteiger partial charge in [0.25, 0.3) is 0 Å². The number of halogens is 1. The Morgan fingerprint density at radius 1 is 0.972 bits per heavy atom. The Labute approximate surface area is 212 Å². The van der Waals surface area contributed by atoms with Crippen LogP contribution in [0.25, 0.3) is 0 Å². The zero-order chi connectivity index (χ0) is 25.7. The van der Waals surface area contributed by atoms with E-state index in [-0.39, 0.29) is 30.2 Å². The Hall–Kier alpha value is -4.17. The average Bonchev–Trinajstić information content (AvgIpc) is 3.29. The van der Waals surface area contributed by atoms with E-state index in [2.05, 4.69) is 0 Å². The van der Waals surface area contributed by atoms with Gasteiger partial charge < -0.3 is 19.1 Å². The van der Waals surface area contributed by atoms with Gasteiger partial charge in [-0.1, -0.05) is 29.8 Å². The zero-order valence-corrected chi connectivity index (χ0v) is 20.1. The number of carbonyl (C=O) groups excluding carboxylic acids is 4. The van der Waals surface area contributed by atoms with E-state index in [9.17, 15) is 19.2 Å². The fraction of sp³-hybridized carbons (Fsp3) is 0.185. The molecule has 3 aromatic rings. The summed E-state index contributed by atoms with van der Waals surface area (Å²) in [5.74, 6) is -1.86. The van der Waals surface area contributed by atoms with Crippen molar-refractivity contribution in [2.45, 2.75) is 6.42 Å². The number of ketones is 1. The number of hydrogen-bond donors (Lipinski definition) is 0. The first-order valence-electron chi connectivity index (χ1n) is 11.1. The number of carbonyl (C=O) groups is 4. The molecule has 3 aromatic carbocycles. The van der Waals surface area contributed by atoms with Crippen molar-refractivity contribution in [2.24, 2.45) is 5.92 Å². The van der Waals surface area contributed by atoms with Crippen LogP contribution in [0.3, 0.4) is 0 Å². The topological polar surface area (TPSA) is 99.2 Å². The van der Waals surface area contributed by atoms with Crippen LogP contribution in [0.15, 0.2) is 72.8 Å². The number of methoxy groups -OCH3 is 1. The Morgan fingerprint density at radius 3 is 2.39 bits per heavy atom. The van der Waals surface area contributed by atoms with Crippen LogP contribution in [0.2, 0.25) is 5.02 Å². The lowest BCUT2D eigenvalue weighted by Gasteiger charge is -2.19. The predicted molar refractivity (Wildman–Crippen MR) is 132 cm³/mol. The zero-order valence-electron chi connectivity index (χ0n) is 19.3. The van der Waals surface area contributed by atoms with E-state index < -0.39 is 30.2 Å². The van der Waals surface area contributed by atoms with E-state index in [4.69, 9.17) is 25.8 Å². The number of nitrogens with zero attached hydrogens (tertiary/aromatic N) is 1. The van der Waals surface area contributed by atoms with Crippen LogP contribution in [0.1, 0.15) is 27.1 Å². The third-order valence-electron chi connectivity index (χ3n) is 5.63. The van der Waals surface area contributed by atoms with Crippen molar-refractivity contribution in [3.8, 4) is 11.5 Å². The number of rotatable bonds is 8. The predicted octanol–water partition coefficient (Wildman–Crippen LogP) is 4.35. The first-order chi connectivity index (χ1) is 17.4. The van der Waals surface area contributed by atoms with Gasteiger partial charge in [0.05, 0.1) is 24.3 Å². The first-order valence-corrected chi connectivity index (χ1v) is 11.4. The molecule has 9 heteroatoms. The van der Waals surface area contributed by atoms with Gasteiger partial charge in [-0.15, -0.1) is 0 Å². The molecule has 1 atom stereocenters. The van der Waals surface area contributed by atoms with Gasteiger partial charge in [-0.05, 0) is 54.6 Å². The van der Waals surface area contributed by atoms with Crippen molar-refractivity contribution in [3.63, 3.8) is 0 Å². The average molecular weight is 508 g/mol. The van der Waals surface area contributed by atoms with Crippen molar-refractivity contribution in [3.05, 3.63) is 88.9 Å². The fourth-order valence-electron chi connectivity index (χ4n) is 3.76. The summed E-state index contributed by atoms with van der Waals surface area (Å²) in [6.45, 7) is -0.392. The second-order valence-corrected chi connectivity index (χ2v) is 8.47. The Kier molecular flexibility index (Phi) is 7.65. The lowest BCUT2D eigenvalue weighted by atomic mass is 10.1. The van der Waals surface area contributed by atoms with Gasteiger partial charge in [-0.3, -0.25) is 14.4 Å². The molecule has 0 aliphatic carbocycles. The van der Waals surface area contributed by atoms with Gasteiger partial charge in [0.1, 0.15) is 11.5 Å². The molecule has 36 heavy (non-hydrogen) atoms. The number of amides is 1. The normalized spacial score (nSPS) is 14.9. The van der Waals surface area contributed by atoms with E-state index in [1.165, 1.54) is 36.3 Å². The summed E-state index contributed by atoms with van der Waals surface area (Å²) in [7, 11) is 1.48. The van der Waals surface area contributed by atoms with E-state index >= 15 is 0 Å². The molecule has 1 aliphatic rings. The molecule has 184 valence electrons. The second kappa shape index (κ2) is 11.0. The van der Waals surface area contributed by atoms with Crippen LogP contribution in [-0.2, 0) is 14.3 Å². The molecule has 1 saturated heterocycles. The minimum Gasteiger partial charge on any atom is -0.495 e. The Bertz CT molecular complexity index is 1290. The largest absolute Gasteiger partial charge is 0.495 e. The van der Waals surface area contributed by atoms with Crippen molar-refractivity contribution < 1.29 is 33.4 Å². The molecule has 0 saturated carbocycles. The van der Waals surface area contributed by atoms with Gasteiger partial charge >= 0.3 is 11.9 Å². The minimum atomic E-state index is -0.728. The highest BCUT2D eigenvalue weighted by Crippen LogP contribution is 2.35. The third kappa shape index (κ3) is 5.72. The fourth-order valence-corrected chi connectivity index (χ4v) is 3.93. The van der Waals surface area contributed by atoms with Gasteiger partial charge in [-0.2, -0.15) is 0 Å². The van der Waals surface area contributed by atoms with E-state index in [0.717, 1.165) is 0 Å². The summed E-state index contributed by atoms with van der Waals surface area (Å²) in [6, 6.07) is 19.3. The van der Waals surface area contributed by atoms with Gasteiger partial charge in [-0.25, -0.2) is 4.79 Å². The molecular formula is C27H22ClNO7. The lowest BCUT2D eigenvalue weighted by Crippen LogP contribution is -2.27. The number of anilines is 1. The van der Waals surface area contributed by atoms with Crippen LogP contribution in [0, 0.1) is 5.92 Å². The van der Waals surface area contributed by atoms with Crippen molar-refractivity contribution >= 4 is 40.9 Å².